The highest BCUT2D eigenvalue weighted by Crippen LogP contribution is 2.30. The topological polar surface area (TPSA) is 115 Å². The lowest BCUT2D eigenvalue weighted by atomic mass is 10.1. The predicted octanol–water partition coefficient (Wildman–Crippen LogP) is 6.27. The quantitative estimate of drug-likeness (QED) is 0.248. The molecule has 0 bridgehead atoms. The fraction of sp³-hybridized carbons (Fsp3) is 0.531. The molecule has 43 heavy (non-hydrogen) atoms. The van der Waals surface area contributed by atoms with Gasteiger partial charge in [-0.2, -0.15) is 9.97 Å². The first-order chi connectivity index (χ1) is 20.4. The van der Waals surface area contributed by atoms with Crippen molar-refractivity contribution in [1.29, 1.82) is 0 Å². The van der Waals surface area contributed by atoms with Crippen LogP contribution < -0.4 is 15.5 Å². The number of amides is 1. The Kier molecular flexibility index (Phi) is 8.62. The number of carbonyl (C=O) groups excluding carboxylic acids is 1. The van der Waals surface area contributed by atoms with Crippen molar-refractivity contribution >= 4 is 29.0 Å². The summed E-state index contributed by atoms with van der Waals surface area (Å²) in [5.74, 6) is 1.35. The molecular weight excluding hydrogens is 542 g/mol. The average Bonchev–Trinajstić information content (AvgIpc) is 3.55. The first-order valence-electron chi connectivity index (χ1n) is 15.3. The number of ether oxygens (including phenoxy) is 1. The summed E-state index contributed by atoms with van der Waals surface area (Å²) < 4.78 is 9.85. The molecule has 11 heteroatoms. The number of pyridine rings is 1. The zero-order valence-corrected chi connectivity index (χ0v) is 26.7. The number of aryl methyl sites for hydroxylation is 1. The molecule has 1 amide bonds. The van der Waals surface area contributed by atoms with Crippen LogP contribution in [-0.4, -0.2) is 59.9 Å². The molecule has 230 valence electrons. The van der Waals surface area contributed by atoms with Gasteiger partial charge in [0.15, 0.2) is 17.0 Å². The van der Waals surface area contributed by atoms with E-state index in [1.165, 1.54) is 5.69 Å². The summed E-state index contributed by atoms with van der Waals surface area (Å²) in [7, 11) is 0. The number of anilines is 2. The van der Waals surface area contributed by atoms with E-state index in [0.29, 0.717) is 24.4 Å². The molecule has 2 N–H and O–H groups in total. The van der Waals surface area contributed by atoms with Gasteiger partial charge in [-0.05, 0) is 92.0 Å². The summed E-state index contributed by atoms with van der Waals surface area (Å²) in [6.45, 7) is 18.4. The number of hydrogen-bond acceptors (Lipinski definition) is 8. The van der Waals surface area contributed by atoms with Gasteiger partial charge in [0.05, 0.1) is 17.7 Å². The Morgan fingerprint density at radius 1 is 1.05 bits per heavy atom. The number of alkyl carbamates (subject to hydrolysis) is 1. The Balaban J connectivity index is 1.39. The van der Waals surface area contributed by atoms with Gasteiger partial charge in [-0.25, -0.2) is 9.78 Å². The third-order valence-corrected chi connectivity index (χ3v) is 7.68. The lowest BCUT2D eigenvalue weighted by molar-refractivity contribution is 0.0497. The highest BCUT2D eigenvalue weighted by Gasteiger charge is 2.26. The van der Waals surface area contributed by atoms with Gasteiger partial charge in [-0.3, -0.25) is 4.98 Å². The molecule has 1 aliphatic rings. The van der Waals surface area contributed by atoms with E-state index in [2.05, 4.69) is 77.5 Å². The summed E-state index contributed by atoms with van der Waals surface area (Å²) in [5.41, 5.74) is 5.36. The van der Waals surface area contributed by atoms with Crippen molar-refractivity contribution in [2.75, 3.05) is 23.3 Å². The van der Waals surface area contributed by atoms with Crippen molar-refractivity contribution in [2.24, 2.45) is 0 Å². The second kappa shape index (κ2) is 12.2. The predicted molar refractivity (Wildman–Crippen MR) is 170 cm³/mol. The van der Waals surface area contributed by atoms with Crippen LogP contribution in [0.4, 0.5) is 16.6 Å². The summed E-state index contributed by atoms with van der Waals surface area (Å²) in [6.07, 6.45) is 4.87. The van der Waals surface area contributed by atoms with Crippen LogP contribution in [0, 0.1) is 6.92 Å². The molecule has 4 aromatic rings. The Hall–Kier alpha value is -4.15. The molecule has 1 aliphatic heterocycles. The molecule has 4 aromatic heterocycles. The molecular formula is C32H45N9O2. The summed E-state index contributed by atoms with van der Waals surface area (Å²) in [6, 6.07) is 8.93. The second-order valence-electron chi connectivity index (χ2n) is 12.9. The molecule has 1 saturated heterocycles. The minimum Gasteiger partial charge on any atom is -0.444 e. The standard InChI is InChI=1S/C32H45N9O2/c1-20(2)40-19-35-27-28(34-18-23-10-9-15-33-26(23)25-12-11-22(5)41(25)21(3)4)37-30(38-29(27)40)39-16-13-24(14-17-39)36-31(42)43-32(6,7)8/h9-12,15,19-21,24H,13-14,16-18H2,1-8H3,(H,36,42)(H,34,37,38). The molecule has 11 nitrogen and oxygen atoms in total. The van der Waals surface area contributed by atoms with Gasteiger partial charge in [-0.15, -0.1) is 0 Å². The molecule has 1 fully saturated rings. The van der Waals surface area contributed by atoms with Gasteiger partial charge in [0.25, 0.3) is 0 Å². The number of hydrogen-bond donors (Lipinski definition) is 2. The number of piperidine rings is 1. The maximum Gasteiger partial charge on any atom is 0.407 e. The highest BCUT2D eigenvalue weighted by molar-refractivity contribution is 5.84. The monoisotopic (exact) mass is 587 g/mol. The van der Waals surface area contributed by atoms with E-state index in [1.807, 2.05) is 39.4 Å². The SMILES string of the molecule is Cc1ccc(-c2ncccc2CNc2nc(N3CCC(NC(=O)OC(C)(C)C)CC3)nc3c2ncn3C(C)C)n1C(C)C. The normalized spacial score (nSPS) is 14.6. The number of aromatic nitrogens is 6. The van der Waals surface area contributed by atoms with Crippen LogP contribution in [-0.2, 0) is 11.3 Å². The van der Waals surface area contributed by atoms with Gasteiger partial charge >= 0.3 is 6.09 Å². The minimum atomic E-state index is -0.523. The average molecular weight is 588 g/mol. The Labute approximate surface area is 254 Å². The number of fused-ring (bicyclic) bond motifs is 1. The molecule has 0 aliphatic carbocycles. The number of carbonyl (C=O) groups is 1. The van der Waals surface area contributed by atoms with Crippen molar-refractivity contribution in [3.8, 4) is 11.4 Å². The molecule has 5 rings (SSSR count). The van der Waals surface area contributed by atoms with Crippen molar-refractivity contribution < 1.29 is 9.53 Å². The van der Waals surface area contributed by atoms with Gasteiger partial charge in [0.1, 0.15) is 5.60 Å². The van der Waals surface area contributed by atoms with E-state index >= 15 is 0 Å². The first-order valence-corrected chi connectivity index (χ1v) is 15.3. The number of rotatable bonds is 8. The van der Waals surface area contributed by atoms with Gasteiger partial charge in [-0.1, -0.05) is 6.07 Å². The van der Waals surface area contributed by atoms with Crippen LogP contribution in [0.2, 0.25) is 0 Å². The number of nitrogens with zero attached hydrogens (tertiary/aromatic N) is 7. The fourth-order valence-electron chi connectivity index (χ4n) is 5.67. The van der Waals surface area contributed by atoms with Crippen molar-refractivity contribution in [3.05, 3.63) is 48.0 Å². The van der Waals surface area contributed by atoms with Crippen LogP contribution >= 0.6 is 0 Å². The number of nitrogens with one attached hydrogen (secondary N) is 2. The Morgan fingerprint density at radius 3 is 2.47 bits per heavy atom. The maximum absolute atomic E-state index is 12.3. The lowest BCUT2D eigenvalue weighted by Gasteiger charge is -2.33. The Morgan fingerprint density at radius 2 is 1.79 bits per heavy atom. The molecule has 0 unspecified atom stereocenters. The van der Waals surface area contributed by atoms with Crippen molar-refractivity contribution in [1.82, 2.24) is 34.4 Å². The molecule has 0 atom stereocenters. The molecule has 0 radical (unpaired) electrons. The molecule has 5 heterocycles. The van der Waals surface area contributed by atoms with E-state index in [0.717, 1.165) is 54.0 Å². The zero-order valence-electron chi connectivity index (χ0n) is 26.7. The number of imidazole rings is 1. The largest absolute Gasteiger partial charge is 0.444 e. The molecule has 0 aromatic carbocycles. The van der Waals surface area contributed by atoms with E-state index in [9.17, 15) is 4.79 Å². The summed E-state index contributed by atoms with van der Waals surface area (Å²) in [4.78, 5) is 33.9. The van der Waals surface area contributed by atoms with Crippen LogP contribution in [0.1, 0.15) is 84.6 Å². The second-order valence-corrected chi connectivity index (χ2v) is 12.9. The van der Waals surface area contributed by atoms with E-state index in [1.54, 1.807) is 0 Å². The van der Waals surface area contributed by atoms with Crippen molar-refractivity contribution in [3.63, 3.8) is 0 Å². The lowest BCUT2D eigenvalue weighted by Crippen LogP contribution is -2.46. The van der Waals surface area contributed by atoms with E-state index in [4.69, 9.17) is 24.7 Å². The third kappa shape index (κ3) is 6.76. The highest BCUT2D eigenvalue weighted by atomic mass is 16.6. The van der Waals surface area contributed by atoms with E-state index in [-0.39, 0.29) is 18.2 Å². The summed E-state index contributed by atoms with van der Waals surface area (Å²) >= 11 is 0. The van der Waals surface area contributed by atoms with Gasteiger partial charge in [0, 0.05) is 49.7 Å². The summed E-state index contributed by atoms with van der Waals surface area (Å²) in [5, 5.41) is 6.60. The fourth-order valence-corrected chi connectivity index (χ4v) is 5.67. The van der Waals surface area contributed by atoms with Gasteiger partial charge in [0.2, 0.25) is 5.95 Å². The molecule has 0 saturated carbocycles. The Bertz CT molecular complexity index is 1570. The van der Waals surface area contributed by atoms with Crippen LogP contribution in [0.25, 0.3) is 22.6 Å². The maximum atomic E-state index is 12.3. The van der Waals surface area contributed by atoms with Crippen molar-refractivity contribution in [2.45, 2.75) is 98.5 Å². The zero-order chi connectivity index (χ0) is 30.9. The smallest absolute Gasteiger partial charge is 0.407 e. The minimum absolute atomic E-state index is 0.0473. The first kappa shape index (κ1) is 30.3. The van der Waals surface area contributed by atoms with E-state index < -0.39 is 5.60 Å². The van der Waals surface area contributed by atoms with Crippen LogP contribution in [0.5, 0.6) is 0 Å². The van der Waals surface area contributed by atoms with Crippen LogP contribution in [0.3, 0.4) is 0 Å². The van der Waals surface area contributed by atoms with Gasteiger partial charge < -0.3 is 29.4 Å². The van der Waals surface area contributed by atoms with Crippen LogP contribution in [0.15, 0.2) is 36.8 Å². The third-order valence-electron chi connectivity index (χ3n) is 7.68. The molecule has 0 spiro atoms.